The van der Waals surface area contributed by atoms with Crippen LogP contribution in [0, 0.1) is 6.92 Å². The van der Waals surface area contributed by atoms with Crippen molar-refractivity contribution in [1.82, 2.24) is 5.43 Å². The van der Waals surface area contributed by atoms with Gasteiger partial charge >= 0.3 is 5.97 Å². The Kier molecular flexibility index (Phi) is 5.38. The third-order valence-electron chi connectivity index (χ3n) is 4.28. The molecule has 2 aromatic rings. The zero-order valence-corrected chi connectivity index (χ0v) is 15.3. The molecule has 0 aliphatic carbocycles. The van der Waals surface area contributed by atoms with Crippen LogP contribution in [0.3, 0.4) is 0 Å². The van der Waals surface area contributed by atoms with Crippen LogP contribution in [0.4, 0.5) is 0 Å². The average Bonchev–Trinajstić information content (AvgIpc) is 3.08. The van der Waals surface area contributed by atoms with Crippen molar-refractivity contribution in [2.45, 2.75) is 25.8 Å². The Morgan fingerprint density at radius 2 is 1.77 bits per heavy atom. The van der Waals surface area contributed by atoms with E-state index in [2.05, 4.69) is 10.5 Å². The van der Waals surface area contributed by atoms with E-state index in [9.17, 15) is 9.59 Å². The number of hydrogen-bond donors (Lipinski definition) is 1. The molecule has 0 spiro atoms. The van der Waals surface area contributed by atoms with Crippen molar-refractivity contribution in [3.63, 3.8) is 0 Å². The molecule has 0 aromatic heterocycles. The van der Waals surface area contributed by atoms with Crippen LogP contribution >= 0.6 is 11.6 Å². The topological polar surface area (TPSA) is 67.8 Å². The van der Waals surface area contributed by atoms with E-state index in [1.165, 1.54) is 0 Å². The third-order valence-corrected chi connectivity index (χ3v) is 4.54. The molecule has 26 heavy (non-hydrogen) atoms. The van der Waals surface area contributed by atoms with Crippen LogP contribution < -0.4 is 5.43 Å². The summed E-state index contributed by atoms with van der Waals surface area (Å²) in [5, 5.41) is 4.68. The fourth-order valence-electron chi connectivity index (χ4n) is 2.95. The number of benzene rings is 2. The molecular formula is C20H19ClN2O3. The maximum absolute atomic E-state index is 13.0. The Morgan fingerprint density at radius 1 is 1.12 bits per heavy atom. The summed E-state index contributed by atoms with van der Waals surface area (Å²) >= 11 is 5.90. The first-order valence-electron chi connectivity index (χ1n) is 8.38. The summed E-state index contributed by atoms with van der Waals surface area (Å²) in [7, 11) is 0. The number of carbonyl (C=O) groups is 2. The van der Waals surface area contributed by atoms with Gasteiger partial charge in [0.15, 0.2) is 11.5 Å². The summed E-state index contributed by atoms with van der Waals surface area (Å²) in [6.45, 7) is 3.96. The number of aryl methyl sites for hydroxylation is 1. The van der Waals surface area contributed by atoms with Crippen molar-refractivity contribution in [1.29, 1.82) is 0 Å². The first-order valence-corrected chi connectivity index (χ1v) is 8.75. The second-order valence-corrected chi connectivity index (χ2v) is 6.52. The molecule has 0 saturated heterocycles. The molecule has 1 aliphatic rings. The second-order valence-electron chi connectivity index (χ2n) is 6.08. The summed E-state index contributed by atoms with van der Waals surface area (Å²) in [6, 6.07) is 13.7. The van der Waals surface area contributed by atoms with Crippen molar-refractivity contribution in [3.8, 4) is 0 Å². The van der Waals surface area contributed by atoms with E-state index < -0.39 is 17.9 Å². The van der Waals surface area contributed by atoms with Crippen LogP contribution in [0.25, 0.3) is 0 Å². The van der Waals surface area contributed by atoms with Gasteiger partial charge in [0.1, 0.15) is 6.04 Å². The number of ketones is 1. The van der Waals surface area contributed by atoms with Crippen LogP contribution in [0.1, 0.15) is 34.3 Å². The number of hydrazone groups is 1. The number of halogens is 1. The van der Waals surface area contributed by atoms with Crippen LogP contribution in [-0.4, -0.2) is 30.1 Å². The lowest BCUT2D eigenvalue weighted by Gasteiger charge is -2.20. The highest BCUT2D eigenvalue weighted by Gasteiger charge is 2.41. The maximum Gasteiger partial charge on any atom is 0.355 e. The van der Waals surface area contributed by atoms with E-state index in [1.807, 2.05) is 31.2 Å². The minimum absolute atomic E-state index is 0.157. The van der Waals surface area contributed by atoms with Gasteiger partial charge in [0.25, 0.3) is 0 Å². The number of Topliss-reactive ketones (excluding diaryl/α,β-unsaturated/α-hetero) is 1. The largest absolute Gasteiger partial charge is 0.461 e. The van der Waals surface area contributed by atoms with E-state index in [0.717, 1.165) is 11.1 Å². The summed E-state index contributed by atoms with van der Waals surface area (Å²) in [6.07, 6.45) is 0. The minimum Gasteiger partial charge on any atom is -0.461 e. The molecule has 1 N–H and O–H groups in total. The zero-order chi connectivity index (χ0) is 18.7. The van der Waals surface area contributed by atoms with Gasteiger partial charge in [0, 0.05) is 10.6 Å². The fourth-order valence-corrected chi connectivity index (χ4v) is 3.07. The Bertz CT molecular complexity index is 844. The Balaban J connectivity index is 1.96. The molecule has 1 heterocycles. The van der Waals surface area contributed by atoms with E-state index in [0.29, 0.717) is 10.6 Å². The van der Waals surface area contributed by atoms with Crippen LogP contribution in [0.2, 0.25) is 5.02 Å². The predicted molar refractivity (Wildman–Crippen MR) is 101 cm³/mol. The van der Waals surface area contributed by atoms with Gasteiger partial charge in [-0.1, -0.05) is 41.4 Å². The molecule has 0 radical (unpaired) electrons. The van der Waals surface area contributed by atoms with Gasteiger partial charge in [-0.15, -0.1) is 0 Å². The smallest absolute Gasteiger partial charge is 0.355 e. The van der Waals surface area contributed by atoms with Crippen molar-refractivity contribution < 1.29 is 14.3 Å². The van der Waals surface area contributed by atoms with Gasteiger partial charge in [-0.25, -0.2) is 4.79 Å². The average molecular weight is 371 g/mol. The minimum atomic E-state index is -0.682. The fraction of sp³-hybridized carbons (Fsp3) is 0.250. The Morgan fingerprint density at radius 3 is 2.38 bits per heavy atom. The van der Waals surface area contributed by atoms with Crippen molar-refractivity contribution in [3.05, 3.63) is 70.2 Å². The molecule has 134 valence electrons. The first-order chi connectivity index (χ1) is 12.5. The summed E-state index contributed by atoms with van der Waals surface area (Å²) in [5.74, 6) is -1.19. The van der Waals surface area contributed by atoms with Crippen molar-refractivity contribution >= 4 is 29.1 Å². The molecule has 3 rings (SSSR count). The van der Waals surface area contributed by atoms with Crippen molar-refractivity contribution in [2.75, 3.05) is 6.61 Å². The van der Waals surface area contributed by atoms with Crippen LogP contribution in [0.5, 0.6) is 0 Å². The molecule has 0 fully saturated rings. The molecular weight excluding hydrogens is 352 g/mol. The lowest BCUT2D eigenvalue weighted by atomic mass is 9.84. The monoisotopic (exact) mass is 370 g/mol. The number of rotatable bonds is 5. The Labute approximate surface area is 157 Å². The molecule has 0 amide bonds. The summed E-state index contributed by atoms with van der Waals surface area (Å²) in [4.78, 5) is 25.3. The van der Waals surface area contributed by atoms with Gasteiger partial charge in [0.05, 0.1) is 12.5 Å². The van der Waals surface area contributed by atoms with Crippen LogP contribution in [-0.2, 0) is 9.53 Å². The standard InChI is InChI=1S/C20H19ClN2O3/c1-3-26-20(25)18-16(13-6-4-12(2)5-7-13)17(22-23-18)19(24)14-8-10-15(21)11-9-14/h4-11,16-17,22H,3H2,1-2H3. The number of esters is 1. The summed E-state index contributed by atoms with van der Waals surface area (Å²) < 4.78 is 5.11. The van der Waals surface area contributed by atoms with Crippen molar-refractivity contribution in [2.24, 2.45) is 5.10 Å². The van der Waals surface area contributed by atoms with Gasteiger partial charge < -0.3 is 4.74 Å². The first kappa shape index (κ1) is 18.1. The Hall–Kier alpha value is -2.66. The number of ether oxygens (including phenoxy) is 1. The number of carbonyl (C=O) groups excluding carboxylic acids is 2. The molecule has 1 aliphatic heterocycles. The van der Waals surface area contributed by atoms with E-state index in [1.54, 1.807) is 31.2 Å². The molecule has 2 unspecified atom stereocenters. The van der Waals surface area contributed by atoms with Gasteiger partial charge in [-0.05, 0) is 43.7 Å². The van der Waals surface area contributed by atoms with Gasteiger partial charge in [-0.3, -0.25) is 10.2 Å². The highest BCUT2D eigenvalue weighted by Crippen LogP contribution is 2.29. The number of nitrogens with one attached hydrogen (secondary N) is 1. The molecule has 2 atom stereocenters. The van der Waals surface area contributed by atoms with E-state index in [-0.39, 0.29) is 18.1 Å². The maximum atomic E-state index is 13.0. The lowest BCUT2D eigenvalue weighted by molar-refractivity contribution is -0.135. The SMILES string of the molecule is CCOC(=O)C1=NNC(C(=O)c2ccc(Cl)cc2)C1c1ccc(C)cc1. The summed E-state index contributed by atoms with van der Waals surface area (Å²) in [5.41, 5.74) is 5.47. The zero-order valence-electron chi connectivity index (χ0n) is 14.5. The highest BCUT2D eigenvalue weighted by atomic mass is 35.5. The number of hydrogen-bond acceptors (Lipinski definition) is 5. The molecule has 5 nitrogen and oxygen atoms in total. The predicted octanol–water partition coefficient (Wildman–Crippen LogP) is 3.51. The molecule has 0 saturated carbocycles. The normalized spacial score (nSPS) is 18.8. The van der Waals surface area contributed by atoms with Crippen LogP contribution in [0.15, 0.2) is 53.6 Å². The molecule has 2 aromatic carbocycles. The molecule has 0 bridgehead atoms. The lowest BCUT2D eigenvalue weighted by Crippen LogP contribution is -2.37. The van der Waals surface area contributed by atoms with E-state index >= 15 is 0 Å². The second kappa shape index (κ2) is 7.70. The van der Waals surface area contributed by atoms with Gasteiger partial charge in [0.2, 0.25) is 0 Å². The van der Waals surface area contributed by atoms with Gasteiger partial charge in [-0.2, -0.15) is 5.10 Å². The van der Waals surface area contributed by atoms with E-state index in [4.69, 9.17) is 16.3 Å². The highest BCUT2D eigenvalue weighted by molar-refractivity contribution is 6.40. The molecule has 6 heteroatoms. The number of nitrogens with zero attached hydrogens (tertiary/aromatic N) is 1. The third kappa shape index (κ3) is 3.63. The quantitative estimate of drug-likeness (QED) is 0.646.